The molecule has 1 N–H and O–H groups in total. The van der Waals surface area contributed by atoms with Gasteiger partial charge in [0.25, 0.3) is 0 Å². The van der Waals surface area contributed by atoms with Crippen LogP contribution in [0, 0.1) is 0 Å². The number of benzene rings is 1. The van der Waals surface area contributed by atoms with Crippen molar-refractivity contribution in [2.75, 3.05) is 6.61 Å². The van der Waals surface area contributed by atoms with Crippen molar-refractivity contribution in [2.24, 2.45) is 0 Å². The predicted octanol–water partition coefficient (Wildman–Crippen LogP) is 3.02. The van der Waals surface area contributed by atoms with Crippen LogP contribution in [0.2, 0.25) is 0 Å². The minimum atomic E-state index is 0.0865. The van der Waals surface area contributed by atoms with Gasteiger partial charge in [0.15, 0.2) is 11.6 Å². The predicted molar refractivity (Wildman–Crippen MR) is 110 cm³/mol. The second-order valence-corrected chi connectivity index (χ2v) is 7.02. The Balaban J connectivity index is 1.80. The van der Waals surface area contributed by atoms with Gasteiger partial charge in [-0.3, -0.25) is 4.68 Å². The number of fused-ring (bicyclic) bond motifs is 1. The van der Waals surface area contributed by atoms with E-state index in [4.69, 9.17) is 14.8 Å². The molecule has 0 radical (unpaired) electrons. The van der Waals surface area contributed by atoms with Gasteiger partial charge in [0, 0.05) is 37.0 Å². The lowest BCUT2D eigenvalue weighted by molar-refractivity contribution is 0.243. The first-order chi connectivity index (χ1) is 14.1. The number of aliphatic hydroxyl groups is 1. The monoisotopic (exact) mass is 392 g/mol. The van der Waals surface area contributed by atoms with Gasteiger partial charge in [0.05, 0.1) is 17.8 Å². The molecule has 0 spiro atoms. The molecule has 29 heavy (non-hydrogen) atoms. The largest absolute Gasteiger partial charge is 0.491 e. The van der Waals surface area contributed by atoms with Crippen LogP contribution >= 0.6 is 0 Å². The fraction of sp³-hybridized carbons (Fsp3) is 0.333. The summed E-state index contributed by atoms with van der Waals surface area (Å²) in [5, 5.41) is 19.1. The Kier molecular flexibility index (Phi) is 5.26. The number of aromatic nitrogens is 6. The first-order valence-corrected chi connectivity index (χ1v) is 9.74. The molecule has 150 valence electrons. The van der Waals surface area contributed by atoms with Crippen LogP contribution < -0.4 is 4.74 Å². The van der Waals surface area contributed by atoms with Crippen molar-refractivity contribution in [1.29, 1.82) is 0 Å². The molecular weight excluding hydrogens is 368 g/mol. The second-order valence-electron chi connectivity index (χ2n) is 7.02. The van der Waals surface area contributed by atoms with Gasteiger partial charge in [0.1, 0.15) is 11.4 Å². The van der Waals surface area contributed by atoms with E-state index in [0.717, 1.165) is 27.9 Å². The zero-order valence-corrected chi connectivity index (χ0v) is 16.8. The number of aliphatic hydroxyl groups excluding tert-OH is 1. The molecular formula is C21H24N6O2. The maximum atomic E-state index is 9.12. The molecule has 0 saturated carbocycles. The van der Waals surface area contributed by atoms with Gasteiger partial charge in [-0.25, -0.2) is 14.6 Å². The fourth-order valence-electron chi connectivity index (χ4n) is 3.26. The number of ether oxygens (including phenoxy) is 1. The number of hydrogen-bond donors (Lipinski definition) is 1. The van der Waals surface area contributed by atoms with Crippen LogP contribution in [-0.4, -0.2) is 47.3 Å². The highest BCUT2D eigenvalue weighted by Gasteiger charge is 2.17. The summed E-state index contributed by atoms with van der Waals surface area (Å²) in [6.07, 6.45) is 5.97. The molecule has 0 unspecified atom stereocenters. The van der Waals surface area contributed by atoms with E-state index >= 15 is 0 Å². The van der Waals surface area contributed by atoms with Crippen molar-refractivity contribution < 1.29 is 9.84 Å². The third kappa shape index (κ3) is 3.84. The average Bonchev–Trinajstić information content (AvgIpc) is 3.32. The Morgan fingerprint density at radius 3 is 2.83 bits per heavy atom. The molecule has 8 nitrogen and oxygen atoms in total. The quantitative estimate of drug-likeness (QED) is 0.520. The Morgan fingerprint density at radius 2 is 2.07 bits per heavy atom. The summed E-state index contributed by atoms with van der Waals surface area (Å²) in [7, 11) is 0. The molecule has 0 amide bonds. The maximum absolute atomic E-state index is 9.12. The molecule has 0 aliphatic rings. The Bertz CT molecular complexity index is 1130. The van der Waals surface area contributed by atoms with Gasteiger partial charge in [-0.1, -0.05) is 0 Å². The minimum Gasteiger partial charge on any atom is -0.491 e. The van der Waals surface area contributed by atoms with Crippen molar-refractivity contribution in [3.05, 3.63) is 48.4 Å². The van der Waals surface area contributed by atoms with Gasteiger partial charge in [-0.2, -0.15) is 10.2 Å². The Hall–Kier alpha value is -3.26. The van der Waals surface area contributed by atoms with E-state index in [0.29, 0.717) is 24.6 Å². The minimum absolute atomic E-state index is 0.0865. The summed E-state index contributed by atoms with van der Waals surface area (Å²) in [6, 6.07) is 7.69. The van der Waals surface area contributed by atoms with Crippen molar-refractivity contribution >= 4 is 10.9 Å². The summed E-state index contributed by atoms with van der Waals surface area (Å²) < 4.78 is 9.46. The van der Waals surface area contributed by atoms with Crippen molar-refractivity contribution in [3.63, 3.8) is 0 Å². The molecule has 0 fully saturated rings. The maximum Gasteiger partial charge on any atom is 0.180 e. The van der Waals surface area contributed by atoms with Gasteiger partial charge in [-0.05, 0) is 51.0 Å². The first-order valence-electron chi connectivity index (χ1n) is 9.74. The van der Waals surface area contributed by atoms with Crippen LogP contribution in [0.1, 0.15) is 26.3 Å². The molecule has 0 aliphatic carbocycles. The molecule has 0 bridgehead atoms. The molecule has 0 aliphatic heterocycles. The van der Waals surface area contributed by atoms with Gasteiger partial charge >= 0.3 is 0 Å². The highest BCUT2D eigenvalue weighted by Crippen LogP contribution is 2.30. The zero-order valence-electron chi connectivity index (χ0n) is 16.8. The number of nitrogens with zero attached hydrogens (tertiary/aromatic N) is 6. The normalized spacial score (nSPS) is 11.5. The van der Waals surface area contributed by atoms with Crippen LogP contribution in [0.4, 0.5) is 0 Å². The van der Waals surface area contributed by atoms with E-state index < -0.39 is 0 Å². The third-order valence-corrected chi connectivity index (χ3v) is 4.50. The van der Waals surface area contributed by atoms with Gasteiger partial charge in [0.2, 0.25) is 0 Å². The lowest BCUT2D eigenvalue weighted by atomic mass is 10.2. The molecule has 0 saturated heterocycles. The zero-order chi connectivity index (χ0) is 20.4. The first kappa shape index (κ1) is 19.1. The fourth-order valence-corrected chi connectivity index (χ4v) is 3.26. The van der Waals surface area contributed by atoms with E-state index in [2.05, 4.69) is 15.2 Å². The summed E-state index contributed by atoms with van der Waals surface area (Å²) in [4.78, 5) is 9.24. The molecule has 4 rings (SSSR count). The van der Waals surface area contributed by atoms with Crippen molar-refractivity contribution in [2.45, 2.75) is 39.8 Å². The van der Waals surface area contributed by atoms with Gasteiger partial charge < -0.3 is 9.84 Å². The standard InChI is InChI=1S/C21H24N6O2/c1-4-26-20(17-11-16(29-14(2)3)5-6-18(17)25-26)21-22-9-7-19(24-21)27-13-15(8-10-28)12-23-27/h5-7,9,11-14,28H,4,8,10H2,1-3H3. The third-order valence-electron chi connectivity index (χ3n) is 4.50. The SMILES string of the molecule is CCn1nc2ccc(OC(C)C)cc2c1-c1nccc(-n2cc(CCO)cn2)n1. The van der Waals surface area contributed by atoms with E-state index in [-0.39, 0.29) is 12.7 Å². The van der Waals surface area contributed by atoms with Crippen LogP contribution in [0.5, 0.6) is 5.75 Å². The molecule has 0 atom stereocenters. The summed E-state index contributed by atoms with van der Waals surface area (Å²) in [6.45, 7) is 6.83. The van der Waals surface area contributed by atoms with Crippen LogP contribution in [0.25, 0.3) is 28.2 Å². The molecule has 8 heteroatoms. The highest BCUT2D eigenvalue weighted by atomic mass is 16.5. The molecule has 1 aromatic carbocycles. The van der Waals surface area contributed by atoms with E-state index in [1.807, 2.05) is 49.8 Å². The second kappa shape index (κ2) is 8.00. The van der Waals surface area contributed by atoms with Crippen LogP contribution in [-0.2, 0) is 13.0 Å². The highest BCUT2D eigenvalue weighted by molar-refractivity contribution is 5.92. The topological polar surface area (TPSA) is 90.9 Å². The molecule has 3 heterocycles. The number of aryl methyl sites for hydroxylation is 1. The van der Waals surface area contributed by atoms with E-state index in [1.165, 1.54) is 0 Å². The molecule has 4 aromatic rings. The Labute approximate surface area is 168 Å². The van der Waals surface area contributed by atoms with Crippen LogP contribution in [0.3, 0.4) is 0 Å². The Morgan fingerprint density at radius 1 is 1.21 bits per heavy atom. The lowest BCUT2D eigenvalue weighted by Crippen LogP contribution is -2.05. The summed E-state index contributed by atoms with van der Waals surface area (Å²) in [5.74, 6) is 2.03. The van der Waals surface area contributed by atoms with E-state index in [9.17, 15) is 0 Å². The summed E-state index contributed by atoms with van der Waals surface area (Å²) in [5.41, 5.74) is 2.67. The lowest BCUT2D eigenvalue weighted by Gasteiger charge is -2.10. The van der Waals surface area contributed by atoms with Crippen molar-refractivity contribution in [3.8, 4) is 23.1 Å². The number of hydrogen-bond acceptors (Lipinski definition) is 6. The van der Waals surface area contributed by atoms with Crippen LogP contribution in [0.15, 0.2) is 42.9 Å². The number of rotatable bonds is 7. The summed E-state index contributed by atoms with van der Waals surface area (Å²) >= 11 is 0. The smallest absolute Gasteiger partial charge is 0.180 e. The average molecular weight is 392 g/mol. The van der Waals surface area contributed by atoms with Gasteiger partial charge in [-0.15, -0.1) is 0 Å². The van der Waals surface area contributed by atoms with E-state index in [1.54, 1.807) is 23.1 Å². The molecule has 3 aromatic heterocycles. The van der Waals surface area contributed by atoms with Crippen molar-refractivity contribution in [1.82, 2.24) is 29.5 Å².